The Morgan fingerprint density at radius 2 is 2.11 bits per heavy atom. The molecule has 0 radical (unpaired) electrons. The van der Waals surface area contributed by atoms with Crippen LogP contribution in [0.4, 0.5) is 18.9 Å². The number of halogens is 3. The van der Waals surface area contributed by atoms with Gasteiger partial charge in [-0.2, -0.15) is 13.2 Å². The van der Waals surface area contributed by atoms with Gasteiger partial charge in [0.2, 0.25) is 0 Å². The van der Waals surface area contributed by atoms with Crippen molar-refractivity contribution in [2.24, 2.45) is 0 Å². The number of anilines is 1. The summed E-state index contributed by atoms with van der Waals surface area (Å²) in [5.41, 5.74) is 6.72. The molecule has 3 nitrogen and oxygen atoms in total. The highest BCUT2D eigenvalue weighted by molar-refractivity contribution is 7.87. The predicted molar refractivity (Wildman–Crippen MR) is 66.0 cm³/mol. The molecule has 0 fully saturated rings. The molecule has 18 heavy (non-hydrogen) atoms. The van der Waals surface area contributed by atoms with E-state index in [4.69, 9.17) is 5.73 Å². The van der Waals surface area contributed by atoms with Gasteiger partial charge in [-0.3, -0.25) is 4.21 Å². The average Bonchev–Trinajstić information content (AvgIpc) is 2.67. The molecule has 1 aromatic heterocycles. The van der Waals surface area contributed by atoms with Crippen LogP contribution in [0.5, 0.6) is 0 Å². The molecule has 0 bridgehead atoms. The number of nitrogens with two attached hydrogens (primary N) is 1. The summed E-state index contributed by atoms with van der Waals surface area (Å²) in [5.74, 6) is -0.460. The number of hydrogen-bond donors (Lipinski definition) is 1. The lowest BCUT2D eigenvalue weighted by Crippen LogP contribution is -2.12. The highest BCUT2D eigenvalue weighted by atomic mass is 32.2. The molecule has 0 aliphatic rings. The molecule has 0 amide bonds. The number of aromatic nitrogens is 1. The van der Waals surface area contributed by atoms with Gasteiger partial charge in [0.1, 0.15) is 0 Å². The lowest BCUT2D eigenvalue weighted by Gasteiger charge is -2.03. The van der Waals surface area contributed by atoms with Crippen molar-refractivity contribution >= 4 is 38.0 Å². The van der Waals surface area contributed by atoms with E-state index in [2.05, 4.69) is 4.98 Å². The number of nitrogen functional groups attached to an aromatic ring is 1. The summed E-state index contributed by atoms with van der Waals surface area (Å²) in [6, 6.07) is 4.97. The minimum absolute atomic E-state index is 0.208. The Bertz CT molecular complexity index is 594. The molecule has 0 saturated heterocycles. The molecule has 1 heterocycles. The van der Waals surface area contributed by atoms with Crippen LogP contribution in [0.15, 0.2) is 22.5 Å². The van der Waals surface area contributed by atoms with Crippen molar-refractivity contribution in [1.29, 1.82) is 0 Å². The second kappa shape index (κ2) is 4.85. The first-order chi connectivity index (χ1) is 8.35. The van der Waals surface area contributed by atoms with Crippen molar-refractivity contribution in [3.63, 3.8) is 0 Å². The van der Waals surface area contributed by atoms with Crippen LogP contribution in [0.1, 0.15) is 6.42 Å². The fraction of sp³-hybridized carbons (Fsp3) is 0.300. The van der Waals surface area contributed by atoms with Crippen molar-refractivity contribution in [2.75, 3.05) is 11.5 Å². The molecule has 1 aromatic carbocycles. The Kier molecular flexibility index (Phi) is 3.58. The molecule has 0 saturated carbocycles. The number of nitrogens with zero attached hydrogens (tertiary/aromatic N) is 1. The quantitative estimate of drug-likeness (QED) is 0.885. The molecule has 0 aliphatic heterocycles. The zero-order chi connectivity index (χ0) is 13.3. The molecular weight excluding hydrogens is 285 g/mol. The predicted octanol–water partition coefficient (Wildman–Crippen LogP) is 2.94. The summed E-state index contributed by atoms with van der Waals surface area (Å²) in [5, 5.41) is 0. The lowest BCUT2D eigenvalue weighted by molar-refractivity contribution is -0.129. The van der Waals surface area contributed by atoms with E-state index in [1.807, 2.05) is 0 Å². The molecule has 98 valence electrons. The third kappa shape index (κ3) is 3.20. The van der Waals surface area contributed by atoms with E-state index in [0.717, 1.165) is 16.0 Å². The van der Waals surface area contributed by atoms with Gasteiger partial charge in [-0.05, 0) is 18.2 Å². The van der Waals surface area contributed by atoms with Crippen LogP contribution >= 0.6 is 11.3 Å². The number of hydrogen-bond acceptors (Lipinski definition) is 4. The van der Waals surface area contributed by atoms with Gasteiger partial charge in [0.15, 0.2) is 4.34 Å². The Labute approximate surface area is 107 Å². The van der Waals surface area contributed by atoms with Crippen LogP contribution in [-0.4, -0.2) is 21.1 Å². The van der Waals surface area contributed by atoms with E-state index in [1.165, 1.54) is 0 Å². The van der Waals surface area contributed by atoms with Crippen LogP contribution in [0.2, 0.25) is 0 Å². The zero-order valence-electron chi connectivity index (χ0n) is 9.03. The van der Waals surface area contributed by atoms with E-state index in [9.17, 15) is 17.4 Å². The second-order valence-electron chi connectivity index (χ2n) is 3.62. The third-order valence-corrected chi connectivity index (χ3v) is 4.83. The summed E-state index contributed by atoms with van der Waals surface area (Å²) in [7, 11) is -1.72. The first-order valence-electron chi connectivity index (χ1n) is 4.96. The maximum Gasteiger partial charge on any atom is 0.390 e. The average molecular weight is 294 g/mol. The highest BCUT2D eigenvalue weighted by Gasteiger charge is 2.28. The number of benzene rings is 1. The zero-order valence-corrected chi connectivity index (χ0v) is 10.7. The number of rotatable bonds is 3. The number of alkyl halides is 3. The molecule has 8 heteroatoms. The van der Waals surface area contributed by atoms with E-state index in [0.29, 0.717) is 11.2 Å². The Morgan fingerprint density at radius 3 is 2.78 bits per heavy atom. The van der Waals surface area contributed by atoms with Gasteiger partial charge in [0.05, 0.1) is 27.4 Å². The summed E-state index contributed by atoms with van der Waals surface area (Å²) in [6.45, 7) is 0. The molecule has 2 aromatic rings. The molecule has 1 atom stereocenters. The Hall–Kier alpha value is -1.15. The highest BCUT2D eigenvalue weighted by Crippen LogP contribution is 2.28. The fourth-order valence-electron chi connectivity index (χ4n) is 1.31. The standard InChI is InChI=1S/C10H9F3N2OS2/c11-10(12,13)3-4-18(16)9-15-7-2-1-6(14)5-8(7)17-9/h1-2,5H,3-4,14H2. The summed E-state index contributed by atoms with van der Waals surface area (Å²) in [6.07, 6.45) is -5.37. The van der Waals surface area contributed by atoms with E-state index < -0.39 is 29.1 Å². The molecule has 2 N–H and O–H groups in total. The summed E-state index contributed by atoms with van der Waals surface area (Å²) in [4.78, 5) is 4.05. The maximum absolute atomic E-state index is 12.0. The van der Waals surface area contributed by atoms with Crippen molar-refractivity contribution in [3.8, 4) is 0 Å². The summed E-state index contributed by atoms with van der Waals surface area (Å²) >= 11 is 1.11. The first-order valence-corrected chi connectivity index (χ1v) is 7.10. The van der Waals surface area contributed by atoms with E-state index in [-0.39, 0.29) is 4.34 Å². The molecular formula is C10H9F3N2OS2. The van der Waals surface area contributed by atoms with E-state index >= 15 is 0 Å². The molecule has 0 aliphatic carbocycles. The smallest absolute Gasteiger partial charge is 0.390 e. The van der Waals surface area contributed by atoms with Crippen molar-refractivity contribution in [3.05, 3.63) is 18.2 Å². The van der Waals surface area contributed by atoms with Gasteiger partial charge in [-0.15, -0.1) is 11.3 Å². The monoisotopic (exact) mass is 294 g/mol. The topological polar surface area (TPSA) is 56.0 Å². The largest absolute Gasteiger partial charge is 0.399 e. The van der Waals surface area contributed by atoms with Gasteiger partial charge in [-0.25, -0.2) is 4.98 Å². The molecule has 1 unspecified atom stereocenters. The summed E-state index contributed by atoms with van der Waals surface area (Å²) < 4.78 is 48.7. The van der Waals surface area contributed by atoms with Gasteiger partial charge >= 0.3 is 6.18 Å². The SMILES string of the molecule is Nc1ccc2nc(S(=O)CCC(F)(F)F)sc2c1. The lowest BCUT2D eigenvalue weighted by atomic mass is 10.3. The second-order valence-corrected chi connectivity index (χ2v) is 6.40. The maximum atomic E-state index is 12.0. The van der Waals surface area contributed by atoms with Gasteiger partial charge in [0, 0.05) is 11.4 Å². The van der Waals surface area contributed by atoms with Crippen molar-refractivity contribution in [1.82, 2.24) is 4.98 Å². The van der Waals surface area contributed by atoms with Crippen LogP contribution in [0, 0.1) is 0 Å². The third-order valence-electron chi connectivity index (χ3n) is 2.16. The van der Waals surface area contributed by atoms with Gasteiger partial charge < -0.3 is 5.73 Å². The number of fused-ring (bicyclic) bond motifs is 1. The fourth-order valence-corrected chi connectivity index (χ4v) is 3.74. The van der Waals surface area contributed by atoms with Crippen LogP contribution in [-0.2, 0) is 10.8 Å². The van der Waals surface area contributed by atoms with Crippen LogP contribution < -0.4 is 5.73 Å². The Morgan fingerprint density at radius 1 is 1.39 bits per heavy atom. The van der Waals surface area contributed by atoms with Crippen molar-refractivity contribution in [2.45, 2.75) is 16.9 Å². The minimum atomic E-state index is -4.29. The normalized spacial score (nSPS) is 13.9. The van der Waals surface area contributed by atoms with Crippen LogP contribution in [0.3, 0.4) is 0 Å². The molecule has 2 rings (SSSR count). The molecule has 0 spiro atoms. The first kappa shape index (κ1) is 13.3. The van der Waals surface area contributed by atoms with Gasteiger partial charge in [0.25, 0.3) is 0 Å². The Balaban J connectivity index is 2.18. The van der Waals surface area contributed by atoms with E-state index in [1.54, 1.807) is 18.2 Å². The van der Waals surface area contributed by atoms with Gasteiger partial charge in [-0.1, -0.05) is 0 Å². The van der Waals surface area contributed by atoms with Crippen molar-refractivity contribution < 1.29 is 17.4 Å². The van der Waals surface area contributed by atoms with Crippen LogP contribution in [0.25, 0.3) is 10.2 Å². The number of thiazole rings is 1. The minimum Gasteiger partial charge on any atom is -0.399 e.